The summed E-state index contributed by atoms with van der Waals surface area (Å²) >= 11 is 13.8. The number of hydrogen-bond donors (Lipinski definition) is 1. The van der Waals surface area contributed by atoms with E-state index < -0.39 is 17.7 Å². The van der Waals surface area contributed by atoms with E-state index in [-0.39, 0.29) is 22.6 Å². The number of rotatable bonds is 6. The third kappa shape index (κ3) is 4.45. The zero-order valence-corrected chi connectivity index (χ0v) is 21.2. The van der Waals surface area contributed by atoms with Crippen LogP contribution in [0.15, 0.2) is 53.4 Å². The van der Waals surface area contributed by atoms with E-state index in [9.17, 15) is 14.7 Å². The number of carbonyl (C=O) groups excluding carboxylic acids is 2. The van der Waals surface area contributed by atoms with Gasteiger partial charge in [-0.3, -0.25) is 9.59 Å². The third-order valence-corrected chi connectivity index (χ3v) is 7.50. The van der Waals surface area contributed by atoms with Gasteiger partial charge in [0, 0.05) is 16.4 Å². The Bertz CT molecular complexity index is 1300. The minimum absolute atomic E-state index is 0.0339. The number of thiophene rings is 1. The molecule has 1 fully saturated rings. The zero-order valence-electron chi connectivity index (χ0n) is 18.9. The lowest BCUT2D eigenvalue weighted by molar-refractivity contribution is -0.139. The number of nitrogens with zero attached hydrogens (tertiary/aromatic N) is 1. The van der Waals surface area contributed by atoms with Gasteiger partial charge in [0.25, 0.3) is 11.7 Å². The van der Waals surface area contributed by atoms with Crippen LogP contribution in [0.2, 0.25) is 10.0 Å². The minimum Gasteiger partial charge on any atom is -0.507 e. The number of ketones is 1. The van der Waals surface area contributed by atoms with Gasteiger partial charge in [0.15, 0.2) is 0 Å². The van der Waals surface area contributed by atoms with Crippen LogP contribution < -0.4 is 4.74 Å². The molecule has 1 aliphatic rings. The van der Waals surface area contributed by atoms with Crippen molar-refractivity contribution >= 4 is 52.0 Å². The van der Waals surface area contributed by atoms with Crippen LogP contribution in [-0.4, -0.2) is 35.4 Å². The van der Waals surface area contributed by atoms with Gasteiger partial charge in [0.05, 0.1) is 29.3 Å². The number of methoxy groups -OCH3 is 1. The molecule has 1 aromatic heterocycles. The molecule has 0 saturated carbocycles. The number of amides is 1. The van der Waals surface area contributed by atoms with Crippen molar-refractivity contribution in [1.82, 2.24) is 4.90 Å². The Morgan fingerprint density at radius 1 is 1.12 bits per heavy atom. The maximum absolute atomic E-state index is 13.3. The average molecular weight is 516 g/mol. The number of benzene rings is 2. The molecule has 4 rings (SSSR count). The molecular formula is C26H23Cl2NO4S. The third-order valence-electron chi connectivity index (χ3n) is 5.89. The number of hydrogen-bond acceptors (Lipinski definition) is 5. The molecule has 1 atom stereocenters. The molecule has 3 aromatic rings. The molecule has 5 nitrogen and oxygen atoms in total. The molecule has 2 aromatic carbocycles. The molecular weight excluding hydrogens is 493 g/mol. The molecule has 1 N–H and O–H groups in total. The first-order valence-corrected chi connectivity index (χ1v) is 12.3. The van der Waals surface area contributed by atoms with E-state index in [0.29, 0.717) is 23.0 Å². The first kappa shape index (κ1) is 24.3. The zero-order chi connectivity index (χ0) is 24.6. The van der Waals surface area contributed by atoms with E-state index in [2.05, 4.69) is 0 Å². The van der Waals surface area contributed by atoms with Crippen molar-refractivity contribution in [3.63, 3.8) is 0 Å². The summed E-state index contributed by atoms with van der Waals surface area (Å²) in [7, 11) is 1.44. The highest BCUT2D eigenvalue weighted by atomic mass is 35.5. The van der Waals surface area contributed by atoms with Crippen LogP contribution in [0.1, 0.15) is 33.2 Å². The molecule has 1 aliphatic heterocycles. The van der Waals surface area contributed by atoms with Gasteiger partial charge in [0.1, 0.15) is 11.5 Å². The van der Waals surface area contributed by atoms with Crippen LogP contribution in [0.5, 0.6) is 5.75 Å². The summed E-state index contributed by atoms with van der Waals surface area (Å²) in [6.07, 6.45) is 0.532. The lowest BCUT2D eigenvalue weighted by atomic mass is 9.97. The second-order valence-corrected chi connectivity index (χ2v) is 9.96. The maximum atomic E-state index is 13.3. The number of ether oxygens (including phenoxy) is 1. The van der Waals surface area contributed by atoms with Gasteiger partial charge in [-0.2, -0.15) is 0 Å². The SMILES string of the molecule is COc1c(Cl)cc(C)cc1/C(O)=C1\C(=O)C(=O)N(CCc2ccc(Cl)cc2)C1c1sccc1C. The summed E-state index contributed by atoms with van der Waals surface area (Å²) in [5.41, 5.74) is 3.02. The molecule has 0 spiro atoms. The Hall–Kier alpha value is -2.80. The van der Waals surface area contributed by atoms with Gasteiger partial charge in [-0.15, -0.1) is 11.3 Å². The summed E-state index contributed by atoms with van der Waals surface area (Å²) in [4.78, 5) is 28.8. The van der Waals surface area contributed by atoms with Crippen molar-refractivity contribution in [1.29, 1.82) is 0 Å². The number of aliphatic hydroxyl groups is 1. The van der Waals surface area contributed by atoms with E-state index >= 15 is 0 Å². The topological polar surface area (TPSA) is 66.8 Å². The highest BCUT2D eigenvalue weighted by Crippen LogP contribution is 2.44. The largest absolute Gasteiger partial charge is 0.507 e. The summed E-state index contributed by atoms with van der Waals surface area (Å²) in [6, 6.07) is 12.0. The van der Waals surface area contributed by atoms with Gasteiger partial charge >= 0.3 is 0 Å². The number of carbonyl (C=O) groups is 2. The van der Waals surface area contributed by atoms with Crippen molar-refractivity contribution < 1.29 is 19.4 Å². The number of halogens is 2. The number of aliphatic hydroxyl groups excluding tert-OH is 1. The highest BCUT2D eigenvalue weighted by molar-refractivity contribution is 7.10. The van der Waals surface area contributed by atoms with E-state index in [1.165, 1.54) is 23.3 Å². The molecule has 0 aliphatic carbocycles. The Kier molecular flexibility index (Phi) is 7.03. The second-order valence-electron chi connectivity index (χ2n) is 8.16. The van der Waals surface area contributed by atoms with Gasteiger partial charge in [-0.25, -0.2) is 0 Å². The smallest absolute Gasteiger partial charge is 0.295 e. The van der Waals surface area contributed by atoms with Crippen molar-refractivity contribution in [2.45, 2.75) is 26.3 Å². The predicted octanol–water partition coefficient (Wildman–Crippen LogP) is 6.34. The second kappa shape index (κ2) is 9.82. The fraction of sp³-hybridized carbons (Fsp3) is 0.231. The molecule has 1 saturated heterocycles. The van der Waals surface area contributed by atoms with Crippen molar-refractivity contribution in [2.75, 3.05) is 13.7 Å². The molecule has 34 heavy (non-hydrogen) atoms. The molecule has 0 radical (unpaired) electrons. The fourth-order valence-electron chi connectivity index (χ4n) is 4.21. The molecule has 1 unspecified atom stereocenters. The first-order chi connectivity index (χ1) is 16.2. The Balaban J connectivity index is 1.83. The fourth-order valence-corrected chi connectivity index (χ4v) is 5.73. The van der Waals surface area contributed by atoms with Crippen LogP contribution in [0.25, 0.3) is 5.76 Å². The van der Waals surface area contributed by atoms with Crippen LogP contribution in [0.3, 0.4) is 0 Å². The van der Waals surface area contributed by atoms with Gasteiger partial charge in [0.2, 0.25) is 0 Å². The number of aryl methyl sites for hydroxylation is 2. The lowest BCUT2D eigenvalue weighted by Gasteiger charge is -2.25. The predicted molar refractivity (Wildman–Crippen MR) is 136 cm³/mol. The monoisotopic (exact) mass is 515 g/mol. The van der Waals surface area contributed by atoms with Crippen molar-refractivity contribution in [3.8, 4) is 5.75 Å². The average Bonchev–Trinajstić information content (AvgIpc) is 3.33. The molecule has 8 heteroatoms. The van der Waals surface area contributed by atoms with Crippen LogP contribution in [0.4, 0.5) is 0 Å². The van der Waals surface area contributed by atoms with E-state index in [4.69, 9.17) is 27.9 Å². The molecule has 0 bridgehead atoms. The summed E-state index contributed by atoms with van der Waals surface area (Å²) in [5.74, 6) is -1.43. The van der Waals surface area contributed by atoms with Gasteiger partial charge in [-0.05, 0) is 72.7 Å². The van der Waals surface area contributed by atoms with E-state index in [0.717, 1.165) is 21.6 Å². The van der Waals surface area contributed by atoms with E-state index in [1.54, 1.807) is 24.3 Å². The highest BCUT2D eigenvalue weighted by Gasteiger charge is 2.47. The maximum Gasteiger partial charge on any atom is 0.295 e. The van der Waals surface area contributed by atoms with E-state index in [1.807, 2.05) is 37.4 Å². The summed E-state index contributed by atoms with van der Waals surface area (Å²) in [6.45, 7) is 4.06. The van der Waals surface area contributed by atoms with Gasteiger partial charge < -0.3 is 14.7 Å². The summed E-state index contributed by atoms with van der Waals surface area (Å²) < 4.78 is 5.42. The van der Waals surface area contributed by atoms with Crippen LogP contribution in [0, 0.1) is 13.8 Å². The Morgan fingerprint density at radius 3 is 2.44 bits per heavy atom. The molecule has 2 heterocycles. The number of Topliss-reactive ketones (excluding diaryl/α,β-unsaturated/α-hetero) is 1. The van der Waals surface area contributed by atoms with Gasteiger partial charge in [-0.1, -0.05) is 35.3 Å². The van der Waals surface area contributed by atoms with Crippen LogP contribution in [-0.2, 0) is 16.0 Å². The minimum atomic E-state index is -0.730. The quantitative estimate of drug-likeness (QED) is 0.236. The lowest BCUT2D eigenvalue weighted by Crippen LogP contribution is -2.31. The number of likely N-dealkylation sites (tertiary alicyclic amines) is 1. The standard InChI is InChI=1S/C26H23Cl2NO4S/c1-14-12-18(24(33-3)19(28)13-14)22(30)20-21(25-15(2)9-11-34-25)29(26(32)23(20)31)10-8-16-4-6-17(27)7-5-16/h4-7,9,11-13,21,30H,8,10H2,1-3H3/b22-20+. The Labute approximate surface area is 212 Å². The summed E-state index contributed by atoms with van der Waals surface area (Å²) in [5, 5.41) is 14.2. The molecule has 176 valence electrons. The Morgan fingerprint density at radius 2 is 1.82 bits per heavy atom. The van der Waals surface area contributed by atoms with Crippen LogP contribution >= 0.6 is 34.5 Å². The van der Waals surface area contributed by atoms with Crippen molar-refractivity contribution in [3.05, 3.63) is 90.6 Å². The first-order valence-electron chi connectivity index (χ1n) is 10.6. The van der Waals surface area contributed by atoms with Crippen molar-refractivity contribution in [2.24, 2.45) is 0 Å². The molecule has 1 amide bonds. The normalized spacial score (nSPS) is 17.4.